The maximum Gasteiger partial charge on any atom is 0.322 e. The second-order valence-corrected chi connectivity index (χ2v) is 6.76. The first kappa shape index (κ1) is 17.1. The topological polar surface area (TPSA) is 111 Å². The van der Waals surface area contributed by atoms with Gasteiger partial charge in [0.05, 0.1) is 13.4 Å². The number of carbonyl (C=O) groups excluding carboxylic acids is 2. The highest BCUT2D eigenvalue weighted by Gasteiger charge is 2.28. The smallest absolute Gasteiger partial charge is 0.322 e. The lowest BCUT2D eigenvalue weighted by atomic mass is 10.0. The van der Waals surface area contributed by atoms with Gasteiger partial charge in [-0.05, 0) is 37.0 Å². The summed E-state index contributed by atoms with van der Waals surface area (Å²) in [7, 11) is -2.20. The summed E-state index contributed by atoms with van der Waals surface area (Å²) >= 11 is 0. The Morgan fingerprint density at radius 2 is 1.96 bits per heavy atom. The molecule has 1 fully saturated rings. The van der Waals surface area contributed by atoms with Gasteiger partial charge in [0.25, 0.3) is 5.91 Å². The maximum atomic E-state index is 11.4. The number of hydrogen-bond acceptors (Lipinski definition) is 6. The molecule has 126 valence electrons. The molecule has 2 rings (SSSR count). The maximum absolute atomic E-state index is 11.4. The molecule has 1 aromatic rings. The van der Waals surface area contributed by atoms with E-state index in [1.54, 1.807) is 12.1 Å². The third-order valence-electron chi connectivity index (χ3n) is 3.29. The van der Waals surface area contributed by atoms with Crippen LogP contribution in [0.2, 0.25) is 0 Å². The van der Waals surface area contributed by atoms with E-state index >= 15 is 0 Å². The van der Waals surface area contributed by atoms with Crippen molar-refractivity contribution in [3.8, 4) is 11.5 Å². The van der Waals surface area contributed by atoms with Crippen LogP contribution in [0, 0.1) is 0 Å². The van der Waals surface area contributed by atoms with Gasteiger partial charge in [0.2, 0.25) is 0 Å². The second kappa shape index (κ2) is 6.86. The van der Waals surface area contributed by atoms with Crippen molar-refractivity contribution in [2.24, 2.45) is 0 Å². The molecule has 0 saturated carbocycles. The highest BCUT2D eigenvalue weighted by Crippen LogP contribution is 2.29. The molecule has 3 amide bonds. The molecule has 0 spiro atoms. The molecule has 1 aromatic carbocycles. The molecule has 23 heavy (non-hydrogen) atoms. The van der Waals surface area contributed by atoms with Crippen molar-refractivity contribution >= 4 is 22.1 Å². The van der Waals surface area contributed by atoms with Crippen LogP contribution < -0.4 is 19.6 Å². The quantitative estimate of drug-likeness (QED) is 0.553. The Morgan fingerprint density at radius 1 is 1.22 bits per heavy atom. The van der Waals surface area contributed by atoms with E-state index < -0.39 is 22.2 Å². The van der Waals surface area contributed by atoms with Crippen LogP contribution in [0.3, 0.4) is 0 Å². The van der Waals surface area contributed by atoms with E-state index in [2.05, 4.69) is 10.6 Å². The lowest BCUT2D eigenvalue weighted by molar-refractivity contribution is -0.120. The van der Waals surface area contributed by atoms with E-state index in [1.807, 2.05) is 0 Å². The minimum atomic E-state index is -3.63. The molecule has 0 aliphatic carbocycles. The first-order valence-corrected chi connectivity index (χ1v) is 8.78. The van der Waals surface area contributed by atoms with E-state index in [0.29, 0.717) is 25.0 Å². The van der Waals surface area contributed by atoms with Crippen LogP contribution >= 0.6 is 0 Å². The molecule has 1 atom stereocenters. The Kier molecular flexibility index (Phi) is 5.09. The molecule has 9 heteroatoms. The molecule has 0 bridgehead atoms. The molecule has 1 aliphatic rings. The summed E-state index contributed by atoms with van der Waals surface area (Å²) in [6, 6.07) is 3.98. The van der Waals surface area contributed by atoms with E-state index in [-0.39, 0.29) is 11.7 Å². The Bertz CT molecular complexity index is 716. The van der Waals surface area contributed by atoms with Crippen LogP contribution in [-0.2, 0) is 21.3 Å². The zero-order chi connectivity index (χ0) is 17.0. The van der Waals surface area contributed by atoms with E-state index in [4.69, 9.17) is 8.92 Å². The van der Waals surface area contributed by atoms with Gasteiger partial charge >= 0.3 is 16.1 Å². The van der Waals surface area contributed by atoms with Crippen LogP contribution in [0.15, 0.2) is 18.2 Å². The standard InChI is InChI=1S/C14H18N2O6S/c1-21-12-8-9(6-7-11(12)22-23(2,19)20)4-3-5-10-13(17)16-14(18)15-10/h6-8,10H,3-5H2,1-2H3,(H2,15,16,17,18). The summed E-state index contributed by atoms with van der Waals surface area (Å²) in [5.41, 5.74) is 0.910. The average Bonchev–Trinajstić information content (AvgIpc) is 2.77. The number of ether oxygens (including phenoxy) is 1. The Hall–Kier alpha value is -2.29. The van der Waals surface area contributed by atoms with Crippen molar-refractivity contribution in [2.75, 3.05) is 13.4 Å². The summed E-state index contributed by atoms with van der Waals surface area (Å²) in [4.78, 5) is 22.4. The minimum absolute atomic E-state index is 0.126. The number of imide groups is 1. The van der Waals surface area contributed by atoms with Gasteiger partial charge in [-0.3, -0.25) is 10.1 Å². The fourth-order valence-electron chi connectivity index (χ4n) is 2.27. The normalized spacial score (nSPS) is 17.6. The van der Waals surface area contributed by atoms with Crippen molar-refractivity contribution in [1.29, 1.82) is 0 Å². The van der Waals surface area contributed by atoms with Gasteiger partial charge < -0.3 is 14.2 Å². The van der Waals surface area contributed by atoms with E-state index in [9.17, 15) is 18.0 Å². The fraction of sp³-hybridized carbons (Fsp3) is 0.429. The summed E-state index contributed by atoms with van der Waals surface area (Å²) < 4.78 is 32.3. The monoisotopic (exact) mass is 342 g/mol. The van der Waals surface area contributed by atoms with Gasteiger partial charge in [0, 0.05) is 0 Å². The Morgan fingerprint density at radius 3 is 2.52 bits per heavy atom. The molecular formula is C14H18N2O6S. The number of rotatable bonds is 7. The van der Waals surface area contributed by atoms with Crippen LogP contribution in [0.4, 0.5) is 4.79 Å². The van der Waals surface area contributed by atoms with Crippen molar-refractivity contribution in [3.05, 3.63) is 23.8 Å². The van der Waals surface area contributed by atoms with Crippen molar-refractivity contribution in [2.45, 2.75) is 25.3 Å². The van der Waals surface area contributed by atoms with Crippen LogP contribution in [0.5, 0.6) is 11.5 Å². The minimum Gasteiger partial charge on any atom is -0.493 e. The predicted octanol–water partition coefficient (Wildman–Crippen LogP) is 0.564. The van der Waals surface area contributed by atoms with Crippen molar-refractivity contribution < 1.29 is 26.9 Å². The number of methoxy groups -OCH3 is 1. The molecular weight excluding hydrogens is 324 g/mol. The fourth-order valence-corrected chi connectivity index (χ4v) is 2.74. The summed E-state index contributed by atoms with van der Waals surface area (Å²) in [6.45, 7) is 0. The van der Waals surface area contributed by atoms with Gasteiger partial charge in [0.15, 0.2) is 11.5 Å². The Labute approximate surface area is 134 Å². The zero-order valence-electron chi connectivity index (χ0n) is 12.8. The van der Waals surface area contributed by atoms with Crippen molar-refractivity contribution in [3.63, 3.8) is 0 Å². The molecule has 0 radical (unpaired) electrons. The molecule has 0 aromatic heterocycles. The third-order valence-corrected chi connectivity index (χ3v) is 3.77. The highest BCUT2D eigenvalue weighted by molar-refractivity contribution is 7.86. The number of benzene rings is 1. The van der Waals surface area contributed by atoms with E-state index in [0.717, 1.165) is 11.8 Å². The van der Waals surface area contributed by atoms with Gasteiger partial charge in [0.1, 0.15) is 6.04 Å². The number of carbonyl (C=O) groups is 2. The summed E-state index contributed by atoms with van der Waals surface area (Å²) in [5.74, 6) is 0.130. The van der Waals surface area contributed by atoms with Crippen LogP contribution in [-0.4, -0.2) is 39.8 Å². The molecule has 1 saturated heterocycles. The number of nitrogens with one attached hydrogen (secondary N) is 2. The third kappa shape index (κ3) is 4.85. The van der Waals surface area contributed by atoms with Gasteiger partial charge in [-0.1, -0.05) is 6.07 Å². The molecule has 1 heterocycles. The predicted molar refractivity (Wildman–Crippen MR) is 81.9 cm³/mol. The summed E-state index contributed by atoms with van der Waals surface area (Å²) in [5, 5.41) is 4.72. The highest BCUT2D eigenvalue weighted by atomic mass is 32.2. The number of amides is 3. The van der Waals surface area contributed by atoms with Gasteiger partial charge in [-0.25, -0.2) is 4.79 Å². The first-order chi connectivity index (χ1) is 10.8. The van der Waals surface area contributed by atoms with Crippen LogP contribution in [0.25, 0.3) is 0 Å². The van der Waals surface area contributed by atoms with Crippen molar-refractivity contribution in [1.82, 2.24) is 10.6 Å². The largest absolute Gasteiger partial charge is 0.493 e. The summed E-state index contributed by atoms with van der Waals surface area (Å²) in [6.07, 6.45) is 2.80. The molecule has 1 unspecified atom stereocenters. The SMILES string of the molecule is COc1cc(CCCC2NC(=O)NC2=O)ccc1OS(C)(=O)=O. The molecule has 2 N–H and O–H groups in total. The van der Waals surface area contributed by atoms with Gasteiger partial charge in [-0.2, -0.15) is 8.42 Å². The average molecular weight is 342 g/mol. The van der Waals surface area contributed by atoms with Crippen LogP contribution in [0.1, 0.15) is 18.4 Å². The zero-order valence-corrected chi connectivity index (χ0v) is 13.6. The molecule has 1 aliphatic heterocycles. The Balaban J connectivity index is 1.96. The number of urea groups is 1. The number of aryl methyl sites for hydroxylation is 1. The lowest BCUT2D eigenvalue weighted by Gasteiger charge is -2.11. The first-order valence-electron chi connectivity index (χ1n) is 6.96. The van der Waals surface area contributed by atoms with E-state index in [1.165, 1.54) is 13.2 Å². The second-order valence-electron chi connectivity index (χ2n) is 5.18. The number of hydrogen-bond donors (Lipinski definition) is 2. The van der Waals surface area contributed by atoms with Gasteiger partial charge in [-0.15, -0.1) is 0 Å². The molecule has 8 nitrogen and oxygen atoms in total. The lowest BCUT2D eigenvalue weighted by Crippen LogP contribution is -2.28.